The summed E-state index contributed by atoms with van der Waals surface area (Å²) in [5.41, 5.74) is 0.598. The van der Waals surface area contributed by atoms with Crippen LogP contribution in [0.5, 0.6) is 0 Å². The van der Waals surface area contributed by atoms with Crippen LogP contribution >= 0.6 is 27.3 Å². The summed E-state index contributed by atoms with van der Waals surface area (Å²) in [7, 11) is -3.52. The Labute approximate surface area is 170 Å². The normalized spacial score (nSPS) is 23.4. The highest BCUT2D eigenvalue weighted by Gasteiger charge is 2.47. The van der Waals surface area contributed by atoms with Gasteiger partial charge in [0.2, 0.25) is 5.91 Å². The van der Waals surface area contributed by atoms with Crippen molar-refractivity contribution in [2.75, 3.05) is 26.2 Å². The number of benzene rings is 1. The molecule has 4 rings (SSSR count). The van der Waals surface area contributed by atoms with Crippen molar-refractivity contribution in [3.05, 3.63) is 51.6 Å². The maximum absolute atomic E-state index is 13.9. The number of halogens is 2. The van der Waals surface area contributed by atoms with Gasteiger partial charge in [-0.2, -0.15) is 4.31 Å². The minimum atomic E-state index is -3.52. The van der Waals surface area contributed by atoms with Crippen LogP contribution in [0.2, 0.25) is 0 Å². The van der Waals surface area contributed by atoms with E-state index in [4.69, 9.17) is 0 Å². The minimum Gasteiger partial charge on any atom is -0.340 e. The van der Waals surface area contributed by atoms with Crippen molar-refractivity contribution in [2.24, 2.45) is 5.92 Å². The molecule has 2 aliphatic rings. The van der Waals surface area contributed by atoms with Crippen LogP contribution in [0.4, 0.5) is 4.39 Å². The minimum absolute atomic E-state index is 0.000769. The van der Waals surface area contributed by atoms with Gasteiger partial charge in [0, 0.05) is 32.1 Å². The van der Waals surface area contributed by atoms with Gasteiger partial charge in [-0.05, 0) is 52.0 Å². The Morgan fingerprint density at radius 2 is 1.81 bits per heavy atom. The number of nitrogens with zero attached hydrogens (tertiary/aromatic N) is 2. The Kier molecular flexibility index (Phi) is 5.13. The lowest BCUT2D eigenvalue weighted by atomic mass is 10.1. The number of amides is 1. The van der Waals surface area contributed by atoms with E-state index in [1.165, 1.54) is 21.7 Å². The van der Waals surface area contributed by atoms with E-state index < -0.39 is 10.0 Å². The molecule has 2 fully saturated rings. The standard InChI is InChI=1S/C18H18BrFN2O3S2/c19-16-5-6-17(26-16)27(24,25)22-9-7-21(8-10-22)18(23)14-11-13(14)12-3-1-2-4-15(12)20/h1-6,13-14H,7-11H2. The van der Waals surface area contributed by atoms with E-state index in [9.17, 15) is 17.6 Å². The second-order valence-electron chi connectivity index (χ2n) is 6.76. The van der Waals surface area contributed by atoms with Gasteiger partial charge in [-0.25, -0.2) is 12.8 Å². The molecule has 2 unspecified atom stereocenters. The van der Waals surface area contributed by atoms with Crippen LogP contribution in [0.3, 0.4) is 0 Å². The van der Waals surface area contributed by atoms with Crippen LogP contribution in [0.1, 0.15) is 17.9 Å². The van der Waals surface area contributed by atoms with Gasteiger partial charge in [-0.3, -0.25) is 4.79 Å². The lowest BCUT2D eigenvalue weighted by Crippen LogP contribution is -2.50. The quantitative estimate of drug-likeness (QED) is 0.685. The molecule has 1 aliphatic heterocycles. The second kappa shape index (κ2) is 7.27. The smallest absolute Gasteiger partial charge is 0.252 e. The number of carbonyl (C=O) groups is 1. The summed E-state index contributed by atoms with van der Waals surface area (Å²) in [6.45, 7) is 1.29. The largest absolute Gasteiger partial charge is 0.340 e. The van der Waals surface area contributed by atoms with E-state index in [2.05, 4.69) is 15.9 Å². The summed E-state index contributed by atoms with van der Waals surface area (Å²) in [6, 6.07) is 9.88. The van der Waals surface area contributed by atoms with Gasteiger partial charge in [0.1, 0.15) is 10.0 Å². The lowest BCUT2D eigenvalue weighted by Gasteiger charge is -2.34. The molecule has 144 valence electrons. The third-order valence-corrected chi connectivity index (χ3v) is 9.10. The summed E-state index contributed by atoms with van der Waals surface area (Å²) in [6.07, 6.45) is 0.654. The highest BCUT2D eigenvalue weighted by Crippen LogP contribution is 2.49. The monoisotopic (exact) mass is 472 g/mol. The van der Waals surface area contributed by atoms with Gasteiger partial charge >= 0.3 is 0 Å². The van der Waals surface area contributed by atoms with E-state index in [1.54, 1.807) is 35.2 Å². The molecule has 5 nitrogen and oxygen atoms in total. The first-order valence-electron chi connectivity index (χ1n) is 8.66. The first-order valence-corrected chi connectivity index (χ1v) is 11.7. The van der Waals surface area contributed by atoms with E-state index >= 15 is 0 Å². The SMILES string of the molecule is O=C(C1CC1c1ccccc1F)N1CCN(S(=O)(=O)c2ccc(Br)s2)CC1. The Morgan fingerprint density at radius 1 is 1.11 bits per heavy atom. The average Bonchev–Trinajstić information content (AvgIpc) is 3.33. The van der Waals surface area contributed by atoms with E-state index in [1.807, 2.05) is 0 Å². The third kappa shape index (κ3) is 3.70. The number of sulfonamides is 1. The van der Waals surface area contributed by atoms with Crippen molar-refractivity contribution in [3.8, 4) is 0 Å². The zero-order chi connectivity index (χ0) is 19.2. The molecule has 0 radical (unpaired) electrons. The summed E-state index contributed by atoms with van der Waals surface area (Å²) < 4.78 is 41.7. The van der Waals surface area contributed by atoms with Crippen LogP contribution in [-0.2, 0) is 14.8 Å². The maximum atomic E-state index is 13.9. The maximum Gasteiger partial charge on any atom is 0.252 e. The Bertz CT molecular complexity index is 970. The predicted molar refractivity (Wildman–Crippen MR) is 105 cm³/mol. The van der Waals surface area contributed by atoms with Gasteiger partial charge in [0.25, 0.3) is 10.0 Å². The van der Waals surface area contributed by atoms with E-state index in [-0.39, 0.29) is 36.6 Å². The fourth-order valence-electron chi connectivity index (χ4n) is 3.53. The molecule has 1 saturated heterocycles. The molecule has 0 bridgehead atoms. The third-order valence-electron chi connectivity index (χ3n) is 5.11. The Hall–Kier alpha value is -1.29. The molecular weight excluding hydrogens is 455 g/mol. The zero-order valence-electron chi connectivity index (χ0n) is 14.3. The molecule has 2 aromatic rings. The van der Waals surface area contributed by atoms with Gasteiger partial charge in [0.05, 0.1) is 3.79 Å². The number of rotatable bonds is 4. The molecule has 2 atom stereocenters. The Balaban J connectivity index is 1.37. The molecular formula is C18H18BrFN2O3S2. The fourth-order valence-corrected chi connectivity index (χ4v) is 7.12. The molecule has 1 saturated carbocycles. The number of thiophene rings is 1. The van der Waals surface area contributed by atoms with E-state index in [0.717, 1.165) is 3.79 Å². The van der Waals surface area contributed by atoms with Crippen molar-refractivity contribution in [3.63, 3.8) is 0 Å². The van der Waals surface area contributed by atoms with Crippen LogP contribution in [0.15, 0.2) is 44.4 Å². The van der Waals surface area contributed by atoms with Gasteiger partial charge in [-0.1, -0.05) is 18.2 Å². The molecule has 2 heterocycles. The van der Waals surface area contributed by atoms with Gasteiger partial charge < -0.3 is 4.90 Å². The molecule has 9 heteroatoms. The topological polar surface area (TPSA) is 57.7 Å². The molecule has 1 aliphatic carbocycles. The van der Waals surface area contributed by atoms with Crippen molar-refractivity contribution < 1.29 is 17.6 Å². The predicted octanol–water partition coefficient (Wildman–Crippen LogP) is 3.29. The molecule has 1 aromatic carbocycles. The van der Waals surface area contributed by atoms with Crippen LogP contribution in [0.25, 0.3) is 0 Å². The van der Waals surface area contributed by atoms with Gasteiger partial charge in [-0.15, -0.1) is 11.3 Å². The second-order valence-corrected chi connectivity index (χ2v) is 11.4. The first-order chi connectivity index (χ1) is 12.9. The summed E-state index contributed by atoms with van der Waals surface area (Å²) >= 11 is 4.47. The van der Waals surface area contributed by atoms with Crippen molar-refractivity contribution in [2.45, 2.75) is 16.5 Å². The fraction of sp³-hybridized carbons (Fsp3) is 0.389. The van der Waals surface area contributed by atoms with Gasteiger partial charge in [0.15, 0.2) is 0 Å². The molecule has 1 aromatic heterocycles. The molecule has 1 amide bonds. The van der Waals surface area contributed by atoms with Crippen molar-refractivity contribution in [1.29, 1.82) is 0 Å². The molecule has 27 heavy (non-hydrogen) atoms. The molecule has 0 spiro atoms. The van der Waals surface area contributed by atoms with Crippen LogP contribution in [0, 0.1) is 11.7 Å². The lowest BCUT2D eigenvalue weighted by molar-refractivity contribution is -0.133. The van der Waals surface area contributed by atoms with Crippen LogP contribution < -0.4 is 0 Å². The zero-order valence-corrected chi connectivity index (χ0v) is 17.6. The first kappa shape index (κ1) is 19.0. The summed E-state index contributed by atoms with van der Waals surface area (Å²) in [5, 5.41) is 0. The average molecular weight is 473 g/mol. The summed E-state index contributed by atoms with van der Waals surface area (Å²) in [5.74, 6) is -0.530. The number of carbonyl (C=O) groups excluding carboxylic acids is 1. The molecule has 0 N–H and O–H groups in total. The van der Waals surface area contributed by atoms with Crippen molar-refractivity contribution >= 4 is 43.2 Å². The Morgan fingerprint density at radius 3 is 2.44 bits per heavy atom. The highest BCUT2D eigenvalue weighted by atomic mass is 79.9. The number of piperazine rings is 1. The highest BCUT2D eigenvalue weighted by molar-refractivity contribution is 9.11. The summed E-state index contributed by atoms with van der Waals surface area (Å²) in [4.78, 5) is 14.4. The number of hydrogen-bond acceptors (Lipinski definition) is 4. The van der Waals surface area contributed by atoms with E-state index in [0.29, 0.717) is 29.3 Å². The van der Waals surface area contributed by atoms with Crippen molar-refractivity contribution in [1.82, 2.24) is 9.21 Å². The van der Waals surface area contributed by atoms with Crippen LogP contribution in [-0.4, -0.2) is 49.7 Å². The number of hydrogen-bond donors (Lipinski definition) is 0.